The van der Waals surface area contributed by atoms with Crippen LogP contribution in [0.4, 0.5) is 10.5 Å². The summed E-state index contributed by atoms with van der Waals surface area (Å²) in [5.74, 6) is 0.389. The molecule has 0 bridgehead atoms. The van der Waals surface area contributed by atoms with Gasteiger partial charge in [0, 0.05) is 29.7 Å². The van der Waals surface area contributed by atoms with Crippen molar-refractivity contribution in [2.75, 3.05) is 31.6 Å². The van der Waals surface area contributed by atoms with Gasteiger partial charge < -0.3 is 19.7 Å². The van der Waals surface area contributed by atoms with Gasteiger partial charge in [-0.15, -0.1) is 0 Å². The first-order chi connectivity index (χ1) is 10.6. The van der Waals surface area contributed by atoms with Gasteiger partial charge in [-0.1, -0.05) is 17.7 Å². The van der Waals surface area contributed by atoms with Crippen molar-refractivity contribution in [3.8, 4) is 0 Å². The molecule has 22 heavy (non-hydrogen) atoms. The van der Waals surface area contributed by atoms with Gasteiger partial charge in [-0.25, -0.2) is 4.79 Å². The molecule has 0 radical (unpaired) electrons. The van der Waals surface area contributed by atoms with Crippen LogP contribution in [0.25, 0.3) is 0 Å². The van der Waals surface area contributed by atoms with Gasteiger partial charge in [-0.05, 0) is 37.5 Å². The van der Waals surface area contributed by atoms with Gasteiger partial charge in [0.05, 0.1) is 13.2 Å². The van der Waals surface area contributed by atoms with E-state index in [4.69, 9.17) is 21.1 Å². The molecular weight excluding hydrogens is 304 g/mol. The number of rotatable bonds is 2. The summed E-state index contributed by atoms with van der Waals surface area (Å²) in [4.78, 5) is 14.1. The van der Waals surface area contributed by atoms with Crippen LogP contribution in [0.1, 0.15) is 18.4 Å². The zero-order valence-electron chi connectivity index (χ0n) is 12.7. The normalized spacial score (nSPS) is 20.4. The molecule has 1 aromatic rings. The minimum absolute atomic E-state index is 0.0772. The zero-order valence-corrected chi connectivity index (χ0v) is 13.4. The first-order valence-corrected chi connectivity index (χ1v) is 8.06. The first kappa shape index (κ1) is 15.6. The molecule has 2 heterocycles. The Balaban J connectivity index is 1.52. The molecule has 2 amide bonds. The number of aryl methyl sites for hydroxylation is 1. The summed E-state index contributed by atoms with van der Waals surface area (Å²) in [5.41, 5.74) is 1.72. The van der Waals surface area contributed by atoms with E-state index in [0.717, 1.165) is 37.2 Å². The number of anilines is 1. The number of benzene rings is 1. The lowest BCUT2D eigenvalue weighted by molar-refractivity contribution is -0.0950. The monoisotopic (exact) mass is 324 g/mol. The molecular formula is C16H21ClN2O3. The lowest BCUT2D eigenvalue weighted by atomic mass is 9.96. The highest BCUT2D eigenvalue weighted by atomic mass is 35.5. The molecule has 0 atom stereocenters. The lowest BCUT2D eigenvalue weighted by Crippen LogP contribution is -2.43. The van der Waals surface area contributed by atoms with Crippen molar-refractivity contribution >= 4 is 23.3 Å². The molecule has 0 saturated carbocycles. The molecule has 6 heteroatoms. The second-order valence-corrected chi connectivity index (χ2v) is 6.24. The van der Waals surface area contributed by atoms with Crippen LogP contribution in [-0.4, -0.2) is 43.5 Å². The second kappa shape index (κ2) is 6.86. The minimum Gasteiger partial charge on any atom is -0.350 e. The number of halogens is 1. The number of piperidine rings is 1. The number of hydrogen-bond acceptors (Lipinski definition) is 3. The molecule has 2 aliphatic heterocycles. The Bertz CT molecular complexity index is 538. The van der Waals surface area contributed by atoms with Crippen molar-refractivity contribution in [1.29, 1.82) is 0 Å². The fraction of sp³-hybridized carbons (Fsp3) is 0.562. The lowest BCUT2D eigenvalue weighted by Gasteiger charge is -2.33. The Kier molecular flexibility index (Phi) is 4.86. The fourth-order valence-electron chi connectivity index (χ4n) is 2.90. The smallest absolute Gasteiger partial charge is 0.321 e. The summed E-state index contributed by atoms with van der Waals surface area (Å²) >= 11 is 6.08. The van der Waals surface area contributed by atoms with E-state index in [1.807, 2.05) is 24.0 Å². The number of urea groups is 1. The van der Waals surface area contributed by atoms with Crippen LogP contribution in [0.15, 0.2) is 18.2 Å². The molecule has 2 fully saturated rings. The van der Waals surface area contributed by atoms with Crippen LogP contribution in [0, 0.1) is 12.8 Å². The van der Waals surface area contributed by atoms with E-state index in [2.05, 4.69) is 5.32 Å². The highest BCUT2D eigenvalue weighted by Gasteiger charge is 2.31. The van der Waals surface area contributed by atoms with Crippen molar-refractivity contribution in [2.45, 2.75) is 26.1 Å². The van der Waals surface area contributed by atoms with Gasteiger partial charge in [0.2, 0.25) is 0 Å². The third-order valence-electron chi connectivity index (χ3n) is 4.28. The van der Waals surface area contributed by atoms with Gasteiger partial charge in [0.25, 0.3) is 0 Å². The van der Waals surface area contributed by atoms with Crippen LogP contribution < -0.4 is 5.32 Å². The van der Waals surface area contributed by atoms with E-state index < -0.39 is 0 Å². The fourth-order valence-corrected chi connectivity index (χ4v) is 3.08. The predicted octanol–water partition coefficient (Wildman–Crippen LogP) is 3.27. The summed E-state index contributed by atoms with van der Waals surface area (Å²) < 4.78 is 11.1. The molecule has 2 aliphatic rings. The summed E-state index contributed by atoms with van der Waals surface area (Å²) in [6, 6.07) is 5.47. The Morgan fingerprint density at radius 2 is 1.95 bits per heavy atom. The third-order valence-corrected chi connectivity index (χ3v) is 4.69. The largest absolute Gasteiger partial charge is 0.350 e. The summed E-state index contributed by atoms with van der Waals surface area (Å²) in [6.45, 7) is 4.74. The Labute approximate surface area is 135 Å². The van der Waals surface area contributed by atoms with Gasteiger partial charge in [-0.2, -0.15) is 0 Å². The second-order valence-electron chi connectivity index (χ2n) is 5.83. The third kappa shape index (κ3) is 3.54. The number of amides is 2. The first-order valence-electron chi connectivity index (χ1n) is 7.69. The zero-order chi connectivity index (χ0) is 15.5. The van der Waals surface area contributed by atoms with E-state index in [1.165, 1.54) is 0 Å². The van der Waals surface area contributed by atoms with Gasteiger partial charge in [0.1, 0.15) is 0 Å². The minimum atomic E-state index is -0.0823. The van der Waals surface area contributed by atoms with Crippen LogP contribution in [0.2, 0.25) is 5.02 Å². The van der Waals surface area contributed by atoms with E-state index in [9.17, 15) is 4.79 Å². The quantitative estimate of drug-likeness (QED) is 0.908. The van der Waals surface area contributed by atoms with Crippen molar-refractivity contribution < 1.29 is 14.3 Å². The number of likely N-dealkylation sites (tertiary alicyclic amines) is 1. The SMILES string of the molecule is Cc1ccc(NC(=O)N2CCC(C3OCCO3)CC2)cc1Cl. The van der Waals surface area contributed by atoms with Crippen LogP contribution in [0.5, 0.6) is 0 Å². The summed E-state index contributed by atoms with van der Waals surface area (Å²) in [5, 5.41) is 3.56. The van der Waals surface area contributed by atoms with E-state index in [1.54, 1.807) is 6.07 Å². The maximum atomic E-state index is 12.3. The Hall–Kier alpha value is -1.30. The summed E-state index contributed by atoms with van der Waals surface area (Å²) in [7, 11) is 0. The van der Waals surface area contributed by atoms with E-state index in [-0.39, 0.29) is 12.3 Å². The maximum Gasteiger partial charge on any atom is 0.321 e. The maximum absolute atomic E-state index is 12.3. The molecule has 1 N–H and O–H groups in total. The van der Waals surface area contributed by atoms with Crippen molar-refractivity contribution in [3.05, 3.63) is 28.8 Å². The molecule has 5 nitrogen and oxygen atoms in total. The Morgan fingerprint density at radius 3 is 2.59 bits per heavy atom. The number of ether oxygens (including phenoxy) is 2. The van der Waals surface area contributed by atoms with Gasteiger partial charge in [-0.3, -0.25) is 0 Å². The van der Waals surface area contributed by atoms with Crippen molar-refractivity contribution in [3.63, 3.8) is 0 Å². The molecule has 1 aromatic carbocycles. The molecule has 3 rings (SSSR count). The van der Waals surface area contributed by atoms with Crippen LogP contribution >= 0.6 is 11.6 Å². The average molecular weight is 325 g/mol. The molecule has 0 aliphatic carbocycles. The molecule has 2 saturated heterocycles. The number of nitrogens with one attached hydrogen (secondary N) is 1. The van der Waals surface area contributed by atoms with E-state index >= 15 is 0 Å². The highest BCUT2D eigenvalue weighted by Crippen LogP contribution is 2.26. The Morgan fingerprint density at radius 1 is 1.27 bits per heavy atom. The summed E-state index contributed by atoms with van der Waals surface area (Å²) in [6.07, 6.45) is 1.74. The molecule has 0 spiro atoms. The van der Waals surface area contributed by atoms with Gasteiger partial charge in [0.15, 0.2) is 6.29 Å². The number of carbonyl (C=O) groups is 1. The highest BCUT2D eigenvalue weighted by molar-refractivity contribution is 6.31. The topological polar surface area (TPSA) is 50.8 Å². The van der Waals surface area contributed by atoms with Crippen molar-refractivity contribution in [2.24, 2.45) is 5.92 Å². The number of nitrogens with zero attached hydrogens (tertiary/aromatic N) is 1. The van der Waals surface area contributed by atoms with Crippen molar-refractivity contribution in [1.82, 2.24) is 4.90 Å². The average Bonchev–Trinajstić information content (AvgIpc) is 3.05. The standard InChI is InChI=1S/C16H21ClN2O3/c1-11-2-3-13(10-14(11)17)18-16(20)19-6-4-12(5-7-19)15-21-8-9-22-15/h2-3,10,12,15H,4-9H2,1H3,(H,18,20). The number of carbonyl (C=O) groups excluding carboxylic acids is 1. The molecule has 120 valence electrons. The molecule has 0 unspecified atom stereocenters. The van der Waals surface area contributed by atoms with Crippen LogP contribution in [-0.2, 0) is 9.47 Å². The predicted molar refractivity (Wildman–Crippen MR) is 85.2 cm³/mol. The van der Waals surface area contributed by atoms with Gasteiger partial charge >= 0.3 is 6.03 Å². The molecule has 0 aromatic heterocycles. The van der Waals surface area contributed by atoms with E-state index in [0.29, 0.717) is 24.2 Å². The number of hydrogen-bond donors (Lipinski definition) is 1. The van der Waals surface area contributed by atoms with Crippen LogP contribution in [0.3, 0.4) is 0 Å².